The van der Waals surface area contributed by atoms with E-state index < -0.39 is 6.10 Å². The molecule has 0 radical (unpaired) electrons. The van der Waals surface area contributed by atoms with Gasteiger partial charge in [-0.1, -0.05) is 12.8 Å². The summed E-state index contributed by atoms with van der Waals surface area (Å²) in [6.45, 7) is 16.9. The molecule has 2 aromatic rings. The summed E-state index contributed by atoms with van der Waals surface area (Å²) in [5.74, 6) is 1.83. The Morgan fingerprint density at radius 2 is 1.49 bits per heavy atom. The summed E-state index contributed by atoms with van der Waals surface area (Å²) >= 11 is 0. The fraction of sp³-hybridized carbons (Fsp3) is 0.613. The first kappa shape index (κ1) is 26.2. The first-order valence-electron chi connectivity index (χ1n) is 14.1. The summed E-state index contributed by atoms with van der Waals surface area (Å²) in [4.78, 5) is 7.66. The average molecular weight is 508 g/mol. The molecule has 0 aliphatic carbocycles. The standard InChI is InChI=1S/C31H45N3O3/c1-21-26(23(3)35)29-27(30(31(4,5)37-29)34-15-9-7-8-10-16-34)22(2)28(21)33-19-17-32(18-20-33)24-11-13-25(36-6)14-12-24/h11-14,23,30,35H,7-10,15-20H2,1-6H3. The van der Waals surface area contributed by atoms with Gasteiger partial charge in [-0.3, -0.25) is 4.90 Å². The highest BCUT2D eigenvalue weighted by Gasteiger charge is 2.48. The Morgan fingerprint density at radius 1 is 0.892 bits per heavy atom. The number of methoxy groups -OCH3 is 1. The molecule has 2 unspecified atom stereocenters. The molecule has 0 amide bonds. The van der Waals surface area contributed by atoms with Gasteiger partial charge in [0, 0.05) is 48.7 Å². The van der Waals surface area contributed by atoms with E-state index in [0.717, 1.165) is 61.9 Å². The molecular weight excluding hydrogens is 462 g/mol. The zero-order valence-corrected chi connectivity index (χ0v) is 23.6. The van der Waals surface area contributed by atoms with Crippen LogP contribution in [0, 0.1) is 13.8 Å². The molecule has 0 spiro atoms. The maximum atomic E-state index is 11.0. The lowest BCUT2D eigenvalue weighted by Gasteiger charge is -2.40. The van der Waals surface area contributed by atoms with Crippen LogP contribution in [0.3, 0.4) is 0 Å². The summed E-state index contributed by atoms with van der Waals surface area (Å²) in [6, 6.07) is 8.58. The third-order valence-electron chi connectivity index (χ3n) is 8.76. The van der Waals surface area contributed by atoms with Crippen molar-refractivity contribution >= 4 is 11.4 Å². The van der Waals surface area contributed by atoms with Crippen molar-refractivity contribution in [2.24, 2.45) is 0 Å². The molecule has 2 aromatic carbocycles. The number of likely N-dealkylation sites (tertiary alicyclic amines) is 1. The molecular formula is C31H45N3O3. The molecule has 37 heavy (non-hydrogen) atoms. The van der Waals surface area contributed by atoms with Crippen LogP contribution in [-0.4, -0.2) is 62.0 Å². The first-order valence-corrected chi connectivity index (χ1v) is 14.1. The van der Waals surface area contributed by atoms with Gasteiger partial charge in [0.2, 0.25) is 0 Å². The number of benzene rings is 2. The van der Waals surface area contributed by atoms with Crippen LogP contribution in [0.15, 0.2) is 24.3 Å². The third kappa shape index (κ3) is 4.79. The van der Waals surface area contributed by atoms with E-state index >= 15 is 0 Å². The van der Waals surface area contributed by atoms with Crippen molar-refractivity contribution in [2.45, 2.75) is 78.0 Å². The van der Waals surface area contributed by atoms with Crippen LogP contribution in [-0.2, 0) is 0 Å². The monoisotopic (exact) mass is 507 g/mol. The van der Waals surface area contributed by atoms with Gasteiger partial charge < -0.3 is 24.4 Å². The highest BCUT2D eigenvalue weighted by atomic mass is 16.5. The molecule has 5 rings (SSSR count). The molecule has 2 fully saturated rings. The maximum absolute atomic E-state index is 11.0. The Kier molecular flexibility index (Phi) is 7.34. The van der Waals surface area contributed by atoms with Crippen molar-refractivity contribution in [3.05, 3.63) is 46.5 Å². The molecule has 3 aliphatic heterocycles. The molecule has 2 atom stereocenters. The van der Waals surface area contributed by atoms with Crippen molar-refractivity contribution in [3.8, 4) is 11.5 Å². The Bertz CT molecular complexity index is 1100. The zero-order chi connectivity index (χ0) is 26.3. The number of aliphatic hydroxyl groups is 1. The number of hydrogen-bond acceptors (Lipinski definition) is 6. The molecule has 0 saturated carbocycles. The molecule has 1 N–H and O–H groups in total. The van der Waals surface area contributed by atoms with E-state index in [2.05, 4.69) is 54.5 Å². The molecule has 2 saturated heterocycles. The van der Waals surface area contributed by atoms with Gasteiger partial charge in [-0.25, -0.2) is 0 Å². The van der Waals surface area contributed by atoms with Gasteiger partial charge in [0.15, 0.2) is 0 Å². The SMILES string of the molecule is COc1ccc(N2CCN(c3c(C)c(C(C)O)c4c(c3C)C(N3CCCCCC3)C(C)(C)O4)CC2)cc1. The number of hydrogen-bond donors (Lipinski definition) is 1. The van der Waals surface area contributed by atoms with Crippen LogP contribution >= 0.6 is 0 Å². The second-order valence-electron chi connectivity index (χ2n) is 11.7. The van der Waals surface area contributed by atoms with Crippen LogP contribution < -0.4 is 19.3 Å². The van der Waals surface area contributed by atoms with E-state index in [4.69, 9.17) is 9.47 Å². The lowest BCUT2D eigenvalue weighted by atomic mass is 9.85. The van der Waals surface area contributed by atoms with Crippen molar-refractivity contribution in [1.29, 1.82) is 0 Å². The van der Waals surface area contributed by atoms with E-state index in [1.165, 1.54) is 48.2 Å². The van der Waals surface area contributed by atoms with Gasteiger partial charge in [0.05, 0.1) is 19.3 Å². The van der Waals surface area contributed by atoms with Crippen LogP contribution in [0.25, 0.3) is 0 Å². The van der Waals surface area contributed by atoms with E-state index in [0.29, 0.717) is 0 Å². The minimum atomic E-state index is -0.577. The minimum Gasteiger partial charge on any atom is -0.497 e. The Hall–Kier alpha value is -2.44. The highest BCUT2D eigenvalue weighted by molar-refractivity contribution is 5.72. The fourth-order valence-electron chi connectivity index (χ4n) is 7.06. The Labute approximate surface area is 223 Å². The largest absolute Gasteiger partial charge is 0.497 e. The Morgan fingerprint density at radius 3 is 2.05 bits per heavy atom. The minimum absolute atomic E-state index is 0.207. The summed E-state index contributed by atoms with van der Waals surface area (Å²) < 4.78 is 12.1. The highest BCUT2D eigenvalue weighted by Crippen LogP contribution is 2.54. The molecule has 202 valence electrons. The molecule has 6 nitrogen and oxygen atoms in total. The van der Waals surface area contributed by atoms with Crippen molar-refractivity contribution in [1.82, 2.24) is 4.90 Å². The lowest BCUT2D eigenvalue weighted by molar-refractivity contribution is 0.0285. The lowest BCUT2D eigenvalue weighted by Crippen LogP contribution is -2.47. The third-order valence-corrected chi connectivity index (χ3v) is 8.76. The van der Waals surface area contributed by atoms with Gasteiger partial charge in [-0.15, -0.1) is 0 Å². The predicted octanol–water partition coefficient (Wildman–Crippen LogP) is 5.78. The topological polar surface area (TPSA) is 48.4 Å². The number of aliphatic hydroxyl groups excluding tert-OH is 1. The second-order valence-corrected chi connectivity index (χ2v) is 11.7. The van der Waals surface area contributed by atoms with Gasteiger partial charge in [-0.2, -0.15) is 0 Å². The predicted molar refractivity (Wildman–Crippen MR) is 151 cm³/mol. The van der Waals surface area contributed by atoms with E-state index in [1.54, 1.807) is 7.11 Å². The van der Waals surface area contributed by atoms with Crippen LogP contribution in [0.5, 0.6) is 11.5 Å². The second kappa shape index (κ2) is 10.4. The smallest absolute Gasteiger partial charge is 0.131 e. The Balaban J connectivity index is 1.50. The van der Waals surface area contributed by atoms with Crippen LogP contribution in [0.1, 0.15) is 80.9 Å². The van der Waals surface area contributed by atoms with E-state index in [-0.39, 0.29) is 11.6 Å². The number of rotatable bonds is 5. The van der Waals surface area contributed by atoms with Gasteiger partial charge in [0.25, 0.3) is 0 Å². The van der Waals surface area contributed by atoms with Crippen molar-refractivity contribution in [3.63, 3.8) is 0 Å². The van der Waals surface area contributed by atoms with Gasteiger partial charge >= 0.3 is 0 Å². The number of nitrogens with zero attached hydrogens (tertiary/aromatic N) is 3. The average Bonchev–Trinajstić information content (AvgIpc) is 3.01. The zero-order valence-electron chi connectivity index (χ0n) is 23.6. The molecule has 0 bridgehead atoms. The molecule has 3 heterocycles. The number of fused-ring (bicyclic) bond motifs is 1. The van der Waals surface area contributed by atoms with Gasteiger partial charge in [-0.05, 0) is 95.9 Å². The fourth-order valence-corrected chi connectivity index (χ4v) is 7.06. The first-order chi connectivity index (χ1) is 17.7. The quantitative estimate of drug-likeness (QED) is 0.554. The molecule has 0 aromatic heterocycles. The van der Waals surface area contributed by atoms with Crippen LogP contribution in [0.4, 0.5) is 11.4 Å². The van der Waals surface area contributed by atoms with Gasteiger partial charge in [0.1, 0.15) is 17.1 Å². The summed E-state index contributed by atoms with van der Waals surface area (Å²) in [5.41, 5.74) is 6.97. The maximum Gasteiger partial charge on any atom is 0.131 e. The number of ether oxygens (including phenoxy) is 2. The van der Waals surface area contributed by atoms with Crippen molar-refractivity contribution < 1.29 is 14.6 Å². The molecule has 6 heteroatoms. The molecule has 3 aliphatic rings. The summed E-state index contributed by atoms with van der Waals surface area (Å²) in [6.07, 6.45) is 4.54. The summed E-state index contributed by atoms with van der Waals surface area (Å²) in [5, 5.41) is 11.0. The van der Waals surface area contributed by atoms with Crippen molar-refractivity contribution in [2.75, 3.05) is 56.2 Å². The van der Waals surface area contributed by atoms with E-state index in [1.807, 2.05) is 19.1 Å². The number of anilines is 2. The normalized spacial score (nSPS) is 22.8. The number of piperazine rings is 1. The summed E-state index contributed by atoms with van der Waals surface area (Å²) in [7, 11) is 1.71. The van der Waals surface area contributed by atoms with E-state index in [9.17, 15) is 5.11 Å². The van der Waals surface area contributed by atoms with Crippen LogP contribution in [0.2, 0.25) is 0 Å².